The minimum Gasteiger partial charge on any atom is -0.496 e. The molecule has 26 nitrogen and oxygen atoms in total. The van der Waals surface area contributed by atoms with Gasteiger partial charge in [0.2, 0.25) is 59.1 Å². The monoisotopic (exact) mass is 1470 g/mol. The standard InChI is InChI=1S/C76H110F3N11O15/c1-16-48(6)64-71(99)84(10)45-63(93)85(11)55-26-19-18-22-37-89(70(55)98)58(39-49-29-27-47(5)28-30-49)69(97)83(9)44-61(91)80-54(34-32-50-31-33-53(76(77,78)79)60(40-50)103-15)67(95)90-43-52(104-17-2)41-59(90)73(101)105-75(35-23-36-75)74(102)88(14)65(51-24-20-21-25-51)72(100)87(13)57(68(96)82(7)8)42-62(92)86(12)56(38-46(3)4)66(94)81-64/h18-19,27-31,33,40,46,48,51-52,54-59,64-65H,16-17,20-26,32,34-39,41-45H2,1-15H3,(H,80,91)(H,81,94)/b19-18-/t48-,52+,54+,55-,56-,57-,58-,59-,64-,65-/m0/s1. The topological polar surface area (TPSA) is 286 Å². The van der Waals surface area contributed by atoms with Gasteiger partial charge in [-0.1, -0.05) is 95.0 Å². The van der Waals surface area contributed by atoms with Gasteiger partial charge in [-0.2, -0.15) is 13.2 Å². The summed E-state index contributed by atoms with van der Waals surface area (Å²) in [5, 5.41) is 5.66. The van der Waals surface area contributed by atoms with Crippen molar-refractivity contribution in [3.63, 3.8) is 0 Å². The highest BCUT2D eigenvalue weighted by molar-refractivity contribution is 6.00. The molecule has 5 aliphatic rings. The van der Waals surface area contributed by atoms with Gasteiger partial charge >= 0.3 is 12.1 Å². The Morgan fingerprint density at radius 3 is 1.96 bits per heavy atom. The second kappa shape index (κ2) is 36.6. The number of benzene rings is 2. The molecule has 2 aliphatic carbocycles. The number of hydrogen-bond donors (Lipinski definition) is 2. The van der Waals surface area contributed by atoms with Crippen molar-refractivity contribution in [2.24, 2.45) is 17.8 Å². The van der Waals surface area contributed by atoms with Crippen LogP contribution in [0.4, 0.5) is 13.2 Å². The first-order valence-electron chi connectivity index (χ1n) is 36.7. The Balaban J connectivity index is 1.34. The number of nitrogens with one attached hydrogen (secondary N) is 2. The lowest BCUT2D eigenvalue weighted by Crippen LogP contribution is -2.63. The maximum atomic E-state index is 15.5. The second-order valence-corrected chi connectivity index (χ2v) is 29.8. The van der Waals surface area contributed by atoms with Crippen molar-refractivity contribution in [2.45, 2.75) is 210 Å². The highest BCUT2D eigenvalue weighted by atomic mass is 19.4. The Morgan fingerprint density at radius 1 is 0.724 bits per heavy atom. The van der Waals surface area contributed by atoms with E-state index in [-0.39, 0.29) is 89.0 Å². The first kappa shape index (κ1) is 83.6. The number of ether oxygens (including phenoxy) is 3. The van der Waals surface area contributed by atoms with Gasteiger partial charge in [0.25, 0.3) is 5.91 Å². The molecule has 11 amide bonds. The van der Waals surface area contributed by atoms with Crippen molar-refractivity contribution < 1.29 is 84.9 Å². The Labute approximate surface area is 615 Å². The molecular weight excluding hydrogens is 1360 g/mol. The average Bonchev–Trinajstić information content (AvgIpc) is 1.70. The molecule has 0 radical (unpaired) electrons. The SMILES string of the molecule is CCO[C@@H]1C[C@H]2C(=O)OC3(CCC3)C(=O)N(C)[C@@H](C3CCCC3)C(=O)N(C)[C@H](C(=O)N(C)C)CC(=O)N(C)[C@@H](CC(C)C)C(=O)N[C@@H]([C@@H](C)CC)C(=O)N(C)CC(=O)N(C)[C@H]3C/C=C\CCN(C3=O)[C@@H](Cc3ccc(C)cc3)C(=O)N(C)CC(=O)N[C@H](CCc3ccc(C(F)(F)F)c(OC)c3)C(=O)N2C1. The first-order valence-corrected chi connectivity index (χ1v) is 36.7. The molecule has 7 rings (SSSR count). The van der Waals surface area contributed by atoms with Gasteiger partial charge in [-0.3, -0.25) is 52.7 Å². The zero-order chi connectivity index (χ0) is 77.7. The van der Waals surface area contributed by atoms with Crippen molar-refractivity contribution in [3.8, 4) is 5.75 Å². The van der Waals surface area contributed by atoms with E-state index in [0.717, 1.165) is 33.4 Å². The van der Waals surface area contributed by atoms with E-state index >= 15 is 28.8 Å². The minimum atomic E-state index is -4.79. The summed E-state index contributed by atoms with van der Waals surface area (Å²) in [4.78, 5) is 192. The molecule has 0 aromatic heterocycles. The lowest BCUT2D eigenvalue weighted by molar-refractivity contribution is -0.190. The van der Waals surface area contributed by atoms with Crippen LogP contribution in [0.1, 0.15) is 147 Å². The van der Waals surface area contributed by atoms with E-state index in [2.05, 4.69) is 10.6 Å². The highest BCUT2D eigenvalue weighted by Gasteiger charge is 2.55. The van der Waals surface area contributed by atoms with Crippen molar-refractivity contribution in [1.29, 1.82) is 0 Å². The van der Waals surface area contributed by atoms with Gasteiger partial charge in [-0.05, 0) is 119 Å². The van der Waals surface area contributed by atoms with Gasteiger partial charge in [0.1, 0.15) is 54.1 Å². The molecule has 29 heteroatoms. The fraction of sp³-hybridized carbons (Fsp3) is 0.658. The molecule has 2 bridgehead atoms. The molecule has 3 heterocycles. The molecule has 105 heavy (non-hydrogen) atoms. The van der Waals surface area contributed by atoms with Gasteiger partial charge < -0.3 is 68.9 Å². The van der Waals surface area contributed by atoms with Crippen LogP contribution in [0.15, 0.2) is 54.6 Å². The van der Waals surface area contributed by atoms with Crippen LogP contribution in [0.2, 0.25) is 0 Å². The minimum absolute atomic E-state index is 0.00247. The first-order chi connectivity index (χ1) is 49.5. The lowest BCUT2D eigenvalue weighted by Gasteiger charge is -2.45. The lowest BCUT2D eigenvalue weighted by atomic mass is 9.78. The fourth-order valence-electron chi connectivity index (χ4n) is 14.9. The number of nitrogens with zero attached hydrogens (tertiary/aromatic N) is 9. The number of alkyl halides is 3. The maximum absolute atomic E-state index is 15.5. The quantitative estimate of drug-likeness (QED) is 0.182. The summed E-state index contributed by atoms with van der Waals surface area (Å²) in [6.07, 6.45) is 0.367. The van der Waals surface area contributed by atoms with E-state index in [0.29, 0.717) is 44.1 Å². The number of fused-ring (bicyclic) bond motifs is 3. The van der Waals surface area contributed by atoms with Gasteiger partial charge in [0.15, 0.2) is 5.60 Å². The summed E-state index contributed by atoms with van der Waals surface area (Å²) >= 11 is 0. The summed E-state index contributed by atoms with van der Waals surface area (Å²) in [5.41, 5.74) is -1.09. The predicted molar refractivity (Wildman–Crippen MR) is 383 cm³/mol. The van der Waals surface area contributed by atoms with Crippen molar-refractivity contribution in [2.75, 3.05) is 96.3 Å². The summed E-state index contributed by atoms with van der Waals surface area (Å²) in [6.45, 7) is 9.48. The average molecular weight is 1470 g/mol. The Morgan fingerprint density at radius 2 is 1.37 bits per heavy atom. The molecule has 10 atom stereocenters. The van der Waals surface area contributed by atoms with Crippen LogP contribution in [-0.4, -0.2) is 271 Å². The van der Waals surface area contributed by atoms with Crippen LogP contribution in [0, 0.1) is 24.7 Å². The number of rotatable bonds is 14. The third-order valence-electron chi connectivity index (χ3n) is 21.6. The summed E-state index contributed by atoms with van der Waals surface area (Å²) in [7, 11) is 12.4. The molecule has 2 saturated carbocycles. The van der Waals surface area contributed by atoms with Crippen LogP contribution in [0.25, 0.3) is 0 Å². The normalized spacial score (nSPS) is 26.3. The number of halogens is 3. The van der Waals surface area contributed by atoms with Crippen LogP contribution < -0.4 is 15.4 Å². The molecule has 4 fully saturated rings. The van der Waals surface area contributed by atoms with Crippen molar-refractivity contribution in [3.05, 3.63) is 76.9 Å². The molecule has 2 aromatic rings. The van der Waals surface area contributed by atoms with E-state index in [9.17, 15) is 41.9 Å². The van der Waals surface area contributed by atoms with Crippen molar-refractivity contribution >= 4 is 70.9 Å². The zero-order valence-corrected chi connectivity index (χ0v) is 63.8. The smallest absolute Gasteiger partial charge is 0.419 e. The van der Waals surface area contributed by atoms with E-state index < -0.39 is 180 Å². The number of methoxy groups -OCH3 is 1. The van der Waals surface area contributed by atoms with E-state index in [1.165, 1.54) is 97.9 Å². The number of esters is 1. The van der Waals surface area contributed by atoms with Crippen LogP contribution in [-0.2, 0) is 86.0 Å². The molecule has 2 saturated heterocycles. The summed E-state index contributed by atoms with van der Waals surface area (Å²) in [5.74, 6) is -10.5. The second-order valence-electron chi connectivity index (χ2n) is 29.8. The zero-order valence-electron chi connectivity index (χ0n) is 63.8. The molecule has 2 aromatic carbocycles. The van der Waals surface area contributed by atoms with Gasteiger partial charge in [-0.15, -0.1) is 0 Å². The molecule has 3 aliphatic heterocycles. The van der Waals surface area contributed by atoms with Crippen LogP contribution in [0.5, 0.6) is 5.75 Å². The molecule has 0 unspecified atom stereocenters. The Bertz CT molecular complexity index is 3510. The molecule has 1 spiro atoms. The number of amides is 11. The molecule has 2 N–H and O–H groups in total. The number of aryl methyl sites for hydroxylation is 2. The van der Waals surface area contributed by atoms with E-state index in [1.807, 2.05) is 45.9 Å². The summed E-state index contributed by atoms with van der Waals surface area (Å²) in [6, 6.07) is -0.250. The predicted octanol–water partition coefficient (Wildman–Crippen LogP) is 5.19. The third kappa shape index (κ3) is 20.3. The number of likely N-dealkylation sites (N-methyl/N-ethyl adjacent to an activating group) is 7. The third-order valence-corrected chi connectivity index (χ3v) is 21.6. The summed E-state index contributed by atoms with van der Waals surface area (Å²) < 4.78 is 60.0. The van der Waals surface area contributed by atoms with E-state index in [4.69, 9.17) is 14.2 Å². The maximum Gasteiger partial charge on any atom is 0.419 e. The van der Waals surface area contributed by atoms with Gasteiger partial charge in [0, 0.05) is 88.9 Å². The largest absolute Gasteiger partial charge is 0.496 e. The Kier molecular flexibility index (Phi) is 29.1. The highest BCUT2D eigenvalue weighted by Crippen LogP contribution is 2.42. The van der Waals surface area contributed by atoms with E-state index in [1.54, 1.807) is 32.1 Å². The fourth-order valence-corrected chi connectivity index (χ4v) is 14.9. The number of carbonyl (C=O) groups is 12. The molecular formula is C76H110F3N11O15. The van der Waals surface area contributed by atoms with Crippen molar-refractivity contribution in [1.82, 2.24) is 54.7 Å². The number of hydrogen-bond acceptors (Lipinski definition) is 15. The Hall–Kier alpha value is -8.63. The molecule has 580 valence electrons. The van der Waals surface area contributed by atoms with Crippen LogP contribution >= 0.6 is 0 Å². The number of carbonyl (C=O) groups excluding carboxylic acids is 12. The van der Waals surface area contributed by atoms with Gasteiger partial charge in [-0.25, -0.2) is 4.79 Å². The van der Waals surface area contributed by atoms with Gasteiger partial charge in [0.05, 0.1) is 38.3 Å². The van der Waals surface area contributed by atoms with Crippen LogP contribution in [0.3, 0.4) is 0 Å².